The van der Waals surface area contributed by atoms with Gasteiger partial charge in [-0.2, -0.15) is 0 Å². The maximum absolute atomic E-state index is 9.10. The Morgan fingerprint density at radius 2 is 1.69 bits per heavy atom. The summed E-state index contributed by atoms with van der Waals surface area (Å²) in [5.74, 6) is 0. The summed E-state index contributed by atoms with van der Waals surface area (Å²) in [5, 5.41) is 9.10. The average molecular weight is 179 g/mol. The first-order valence-corrected chi connectivity index (χ1v) is 4.44. The van der Waals surface area contributed by atoms with E-state index in [0.717, 1.165) is 5.56 Å². The van der Waals surface area contributed by atoms with Crippen LogP contribution in [-0.4, -0.2) is 11.7 Å². The van der Waals surface area contributed by atoms with Crippen LogP contribution in [0.4, 0.5) is 0 Å². The predicted molar refractivity (Wildman–Crippen MR) is 54.5 cm³/mol. The molecule has 0 saturated carbocycles. The summed E-state index contributed by atoms with van der Waals surface area (Å²) in [6, 6.07) is 6.13. The van der Waals surface area contributed by atoms with E-state index in [1.54, 1.807) is 0 Å². The third-order valence-corrected chi connectivity index (χ3v) is 2.21. The SMILES string of the molecule is Cc1cc(C)cc([C@](C)(N)CO)c1. The van der Waals surface area contributed by atoms with Crippen LogP contribution in [0, 0.1) is 13.8 Å². The highest BCUT2D eigenvalue weighted by atomic mass is 16.3. The molecule has 0 radical (unpaired) electrons. The van der Waals surface area contributed by atoms with E-state index in [9.17, 15) is 0 Å². The van der Waals surface area contributed by atoms with E-state index in [1.165, 1.54) is 11.1 Å². The smallest absolute Gasteiger partial charge is 0.0650 e. The Morgan fingerprint density at radius 3 is 2.08 bits per heavy atom. The number of hydrogen-bond donors (Lipinski definition) is 2. The Balaban J connectivity index is 3.15. The highest BCUT2D eigenvalue weighted by Crippen LogP contribution is 2.19. The van der Waals surface area contributed by atoms with E-state index in [0.29, 0.717) is 0 Å². The fourth-order valence-corrected chi connectivity index (χ4v) is 1.40. The standard InChI is InChI=1S/C11H17NO/c1-8-4-9(2)6-10(5-8)11(3,12)7-13/h4-6,13H,7,12H2,1-3H3/t11-/m1/s1. The van der Waals surface area contributed by atoms with Gasteiger partial charge >= 0.3 is 0 Å². The molecule has 0 unspecified atom stereocenters. The normalized spacial score (nSPS) is 15.5. The van der Waals surface area contributed by atoms with E-state index < -0.39 is 5.54 Å². The monoisotopic (exact) mass is 179 g/mol. The number of benzene rings is 1. The Bertz CT molecular complexity index is 285. The lowest BCUT2D eigenvalue weighted by molar-refractivity contribution is 0.210. The van der Waals surface area contributed by atoms with E-state index in [4.69, 9.17) is 10.8 Å². The van der Waals surface area contributed by atoms with E-state index in [1.807, 2.05) is 32.9 Å². The molecule has 0 saturated heterocycles. The Labute approximate surface area is 79.4 Å². The second-order valence-corrected chi connectivity index (χ2v) is 3.95. The zero-order valence-electron chi connectivity index (χ0n) is 8.46. The van der Waals surface area contributed by atoms with Gasteiger partial charge < -0.3 is 10.8 Å². The lowest BCUT2D eigenvalue weighted by Gasteiger charge is -2.23. The molecule has 0 spiro atoms. The van der Waals surface area contributed by atoms with Crippen molar-refractivity contribution >= 4 is 0 Å². The van der Waals surface area contributed by atoms with Gasteiger partial charge in [-0.25, -0.2) is 0 Å². The van der Waals surface area contributed by atoms with Gasteiger partial charge in [0.05, 0.1) is 12.1 Å². The van der Waals surface area contributed by atoms with E-state index in [2.05, 4.69) is 6.07 Å². The fraction of sp³-hybridized carbons (Fsp3) is 0.455. The van der Waals surface area contributed by atoms with Gasteiger partial charge in [-0.05, 0) is 26.3 Å². The highest BCUT2D eigenvalue weighted by molar-refractivity contribution is 5.32. The number of aryl methyl sites for hydroxylation is 2. The second-order valence-electron chi connectivity index (χ2n) is 3.95. The molecule has 0 aliphatic heterocycles. The molecule has 1 aromatic carbocycles. The summed E-state index contributed by atoms with van der Waals surface area (Å²) in [6.45, 7) is 5.87. The molecular formula is C11H17NO. The second kappa shape index (κ2) is 3.48. The third kappa shape index (κ3) is 2.29. The van der Waals surface area contributed by atoms with Crippen molar-refractivity contribution in [2.75, 3.05) is 6.61 Å². The first kappa shape index (κ1) is 10.2. The molecule has 3 N–H and O–H groups in total. The zero-order valence-corrected chi connectivity index (χ0v) is 8.46. The van der Waals surface area contributed by atoms with Crippen LogP contribution < -0.4 is 5.73 Å². The average Bonchev–Trinajstić information content (AvgIpc) is 2.02. The van der Waals surface area contributed by atoms with E-state index in [-0.39, 0.29) is 6.61 Å². The highest BCUT2D eigenvalue weighted by Gasteiger charge is 2.19. The number of hydrogen-bond acceptors (Lipinski definition) is 2. The largest absolute Gasteiger partial charge is 0.394 e. The first-order chi connectivity index (χ1) is 5.95. The minimum atomic E-state index is -0.628. The van der Waals surface area contributed by atoms with Gasteiger partial charge in [0, 0.05) is 0 Å². The predicted octanol–water partition coefficient (Wildman–Crippen LogP) is 1.47. The summed E-state index contributed by atoms with van der Waals surface area (Å²) in [7, 11) is 0. The molecule has 1 rings (SSSR count). The van der Waals surface area contributed by atoms with Gasteiger partial charge in [-0.15, -0.1) is 0 Å². The van der Waals surface area contributed by atoms with Crippen molar-refractivity contribution in [2.24, 2.45) is 5.73 Å². The van der Waals surface area contributed by atoms with Crippen LogP contribution in [0.15, 0.2) is 18.2 Å². The third-order valence-electron chi connectivity index (χ3n) is 2.21. The van der Waals surface area contributed by atoms with Crippen molar-refractivity contribution in [1.29, 1.82) is 0 Å². The molecule has 1 aromatic rings. The maximum atomic E-state index is 9.10. The molecule has 72 valence electrons. The summed E-state index contributed by atoms with van der Waals surface area (Å²) >= 11 is 0. The van der Waals surface area contributed by atoms with Crippen molar-refractivity contribution in [2.45, 2.75) is 26.3 Å². The maximum Gasteiger partial charge on any atom is 0.0650 e. The molecule has 2 nitrogen and oxygen atoms in total. The number of nitrogens with two attached hydrogens (primary N) is 1. The van der Waals surface area contributed by atoms with Crippen molar-refractivity contribution in [3.05, 3.63) is 34.9 Å². The number of rotatable bonds is 2. The molecule has 0 aliphatic carbocycles. The van der Waals surface area contributed by atoms with Gasteiger partial charge in [0.1, 0.15) is 0 Å². The molecule has 0 heterocycles. The molecule has 13 heavy (non-hydrogen) atoms. The summed E-state index contributed by atoms with van der Waals surface area (Å²) < 4.78 is 0. The van der Waals surface area contributed by atoms with Crippen molar-refractivity contribution in [1.82, 2.24) is 0 Å². The number of aliphatic hydroxyl groups is 1. The van der Waals surface area contributed by atoms with Crippen LogP contribution in [0.5, 0.6) is 0 Å². The molecule has 0 fully saturated rings. The molecular weight excluding hydrogens is 162 g/mol. The van der Waals surface area contributed by atoms with Crippen molar-refractivity contribution in [3.63, 3.8) is 0 Å². The van der Waals surface area contributed by atoms with Crippen molar-refractivity contribution < 1.29 is 5.11 Å². The lowest BCUT2D eigenvalue weighted by Crippen LogP contribution is -2.37. The molecule has 0 bridgehead atoms. The molecule has 0 aromatic heterocycles. The summed E-state index contributed by atoms with van der Waals surface area (Å²) in [6.07, 6.45) is 0. The summed E-state index contributed by atoms with van der Waals surface area (Å²) in [5.41, 5.74) is 8.65. The topological polar surface area (TPSA) is 46.2 Å². The van der Waals surface area contributed by atoms with Crippen LogP contribution in [0.1, 0.15) is 23.6 Å². The first-order valence-electron chi connectivity index (χ1n) is 4.44. The van der Waals surface area contributed by atoms with Crippen LogP contribution in [-0.2, 0) is 5.54 Å². The van der Waals surface area contributed by atoms with Gasteiger partial charge in [0.2, 0.25) is 0 Å². The quantitative estimate of drug-likeness (QED) is 0.722. The van der Waals surface area contributed by atoms with Crippen molar-refractivity contribution in [3.8, 4) is 0 Å². The molecule has 0 amide bonds. The molecule has 2 heteroatoms. The fourth-order valence-electron chi connectivity index (χ4n) is 1.40. The summed E-state index contributed by atoms with van der Waals surface area (Å²) in [4.78, 5) is 0. The van der Waals surface area contributed by atoms with Gasteiger partial charge in [-0.3, -0.25) is 0 Å². The number of aliphatic hydroxyl groups excluding tert-OH is 1. The molecule has 0 aliphatic rings. The minimum absolute atomic E-state index is 0.0319. The van der Waals surface area contributed by atoms with E-state index >= 15 is 0 Å². The van der Waals surface area contributed by atoms with Crippen LogP contribution in [0.2, 0.25) is 0 Å². The van der Waals surface area contributed by atoms with Gasteiger partial charge in [0.15, 0.2) is 0 Å². The van der Waals surface area contributed by atoms with Crippen LogP contribution in [0.3, 0.4) is 0 Å². The lowest BCUT2D eigenvalue weighted by atomic mass is 9.91. The van der Waals surface area contributed by atoms with Crippen LogP contribution in [0.25, 0.3) is 0 Å². The minimum Gasteiger partial charge on any atom is -0.394 e. The zero-order chi connectivity index (χ0) is 10.1. The Morgan fingerprint density at radius 1 is 1.23 bits per heavy atom. The van der Waals surface area contributed by atoms with Gasteiger partial charge in [0.25, 0.3) is 0 Å². The van der Waals surface area contributed by atoms with Gasteiger partial charge in [-0.1, -0.05) is 29.3 Å². The Kier molecular flexibility index (Phi) is 2.74. The Hall–Kier alpha value is -0.860. The van der Waals surface area contributed by atoms with Crippen LogP contribution >= 0.6 is 0 Å². The molecule has 1 atom stereocenters.